The number of rotatable bonds is 7. The molecule has 322 valence electrons. The lowest BCUT2D eigenvalue weighted by Gasteiger charge is -2.31. The predicted molar refractivity (Wildman–Crippen MR) is 292 cm³/mol. The number of para-hydroxylation sites is 1. The van der Waals surface area contributed by atoms with Crippen LogP contribution in [0.25, 0.3) is 86.9 Å². The molecule has 0 atom stereocenters. The summed E-state index contributed by atoms with van der Waals surface area (Å²) in [7, 11) is 0. The molecule has 1 heterocycles. The van der Waals surface area contributed by atoms with Gasteiger partial charge in [0.2, 0.25) is 0 Å². The fourth-order valence-corrected chi connectivity index (χ4v) is 13.0. The highest BCUT2D eigenvalue weighted by molar-refractivity contribution is 7.26. The van der Waals surface area contributed by atoms with Gasteiger partial charge >= 0.3 is 0 Å². The molecule has 0 N–H and O–H groups in total. The van der Waals surface area contributed by atoms with Gasteiger partial charge in [0.25, 0.3) is 0 Å². The summed E-state index contributed by atoms with van der Waals surface area (Å²) in [5.41, 5.74) is 23.0. The van der Waals surface area contributed by atoms with Crippen molar-refractivity contribution in [2.45, 2.75) is 5.41 Å². The van der Waals surface area contributed by atoms with E-state index in [0.717, 1.165) is 22.6 Å². The highest BCUT2D eigenvalue weighted by Crippen LogP contribution is 2.63. The maximum Gasteiger partial charge on any atom is 0.0725 e. The minimum atomic E-state index is -0.408. The van der Waals surface area contributed by atoms with Gasteiger partial charge in [-0.1, -0.05) is 218 Å². The topological polar surface area (TPSA) is 3.24 Å². The molecule has 0 radical (unpaired) electrons. The lowest BCUT2D eigenvalue weighted by Crippen LogP contribution is -2.25. The lowest BCUT2D eigenvalue weighted by molar-refractivity contribution is 0.794. The van der Waals surface area contributed by atoms with Crippen LogP contribution in [0, 0.1) is 0 Å². The molecule has 1 aromatic heterocycles. The molecule has 0 amide bonds. The molecule has 14 rings (SSSR count). The Labute approximate surface area is 406 Å². The molecule has 1 nitrogen and oxygen atoms in total. The van der Waals surface area contributed by atoms with Gasteiger partial charge in [-0.05, 0) is 120 Å². The molecule has 0 fully saturated rings. The van der Waals surface area contributed by atoms with E-state index < -0.39 is 5.41 Å². The summed E-state index contributed by atoms with van der Waals surface area (Å²) in [6.45, 7) is 0. The Morgan fingerprint density at radius 2 is 0.754 bits per heavy atom. The number of nitrogens with zero attached hydrogens (tertiary/aromatic N) is 1. The Morgan fingerprint density at radius 3 is 1.46 bits per heavy atom. The van der Waals surface area contributed by atoms with E-state index in [1.165, 1.54) is 104 Å². The van der Waals surface area contributed by atoms with Crippen molar-refractivity contribution in [3.63, 3.8) is 0 Å². The van der Waals surface area contributed by atoms with E-state index in [4.69, 9.17) is 0 Å². The smallest absolute Gasteiger partial charge is 0.0725 e. The van der Waals surface area contributed by atoms with Crippen LogP contribution in [0.4, 0.5) is 17.1 Å². The van der Waals surface area contributed by atoms with Crippen LogP contribution in [0.5, 0.6) is 0 Å². The van der Waals surface area contributed by atoms with E-state index >= 15 is 0 Å². The van der Waals surface area contributed by atoms with E-state index in [9.17, 15) is 0 Å². The summed E-state index contributed by atoms with van der Waals surface area (Å²) in [6, 6.07) is 96.8. The number of thiophene rings is 1. The molecule has 2 aliphatic carbocycles. The van der Waals surface area contributed by atoms with Crippen LogP contribution in [0.3, 0.4) is 0 Å². The molecule has 11 aromatic carbocycles. The fourth-order valence-electron chi connectivity index (χ4n) is 11.7. The number of hydrogen-bond donors (Lipinski definition) is 0. The van der Waals surface area contributed by atoms with Gasteiger partial charge in [0, 0.05) is 37.0 Å². The Bertz CT molecular complexity index is 3910. The second-order valence-corrected chi connectivity index (χ2v) is 19.3. The van der Waals surface area contributed by atoms with Crippen molar-refractivity contribution in [2.24, 2.45) is 0 Å². The van der Waals surface area contributed by atoms with Gasteiger partial charge < -0.3 is 4.90 Å². The van der Waals surface area contributed by atoms with E-state index in [2.05, 4.69) is 266 Å². The van der Waals surface area contributed by atoms with Crippen LogP contribution in [0.1, 0.15) is 22.3 Å². The minimum Gasteiger partial charge on any atom is -0.309 e. The molecular formula is C67H43NS. The standard InChI is InChI=1S/C67H43NS/c1-3-18-44(19-4-1)47-37-41-64(57(42-47)48-36-40-62-58(43-48)54-25-9-14-31-61(54)67(62)59-29-12-7-23-52(59)53-24-8-13-30-60(53)67)68(63-32-15-10-22-50(63)45-20-5-2-6-21-45)49-38-34-46(35-39-49)51-27-17-28-56-55-26-11-16-33-65(55)69-66(51)56/h1-43H. The first-order chi connectivity index (χ1) is 34.2. The highest BCUT2D eigenvalue weighted by atomic mass is 32.1. The molecule has 0 saturated heterocycles. The molecule has 0 bridgehead atoms. The number of hydrogen-bond acceptors (Lipinski definition) is 2. The first-order valence-corrected chi connectivity index (χ1v) is 24.6. The van der Waals surface area contributed by atoms with Gasteiger partial charge in [-0.3, -0.25) is 0 Å². The largest absolute Gasteiger partial charge is 0.309 e. The predicted octanol–water partition coefficient (Wildman–Crippen LogP) is 18.5. The first-order valence-electron chi connectivity index (χ1n) is 23.8. The Hall–Kier alpha value is -8.56. The summed E-state index contributed by atoms with van der Waals surface area (Å²) in [5, 5.41) is 2.62. The first kappa shape index (κ1) is 39.6. The lowest BCUT2D eigenvalue weighted by atomic mass is 9.70. The van der Waals surface area contributed by atoms with Crippen molar-refractivity contribution in [3.8, 4) is 66.8 Å². The quantitative estimate of drug-likeness (QED) is 0.154. The average molecular weight is 894 g/mol. The zero-order valence-electron chi connectivity index (χ0n) is 37.7. The Morgan fingerprint density at radius 1 is 0.275 bits per heavy atom. The summed E-state index contributed by atoms with van der Waals surface area (Å²) in [5.74, 6) is 0. The normalized spacial score (nSPS) is 12.8. The monoisotopic (exact) mass is 893 g/mol. The molecule has 0 aliphatic heterocycles. The molecule has 0 unspecified atom stereocenters. The second-order valence-electron chi connectivity index (χ2n) is 18.3. The van der Waals surface area contributed by atoms with E-state index in [0.29, 0.717) is 0 Å². The van der Waals surface area contributed by atoms with Crippen LogP contribution in [0.2, 0.25) is 0 Å². The highest BCUT2D eigenvalue weighted by Gasteiger charge is 2.51. The molecule has 69 heavy (non-hydrogen) atoms. The van der Waals surface area contributed by atoms with Crippen molar-refractivity contribution in [1.82, 2.24) is 0 Å². The van der Waals surface area contributed by atoms with Crippen LogP contribution < -0.4 is 4.90 Å². The molecule has 12 aromatic rings. The van der Waals surface area contributed by atoms with E-state index in [1.54, 1.807) is 0 Å². The fraction of sp³-hybridized carbons (Fsp3) is 0.0149. The maximum atomic E-state index is 2.49. The van der Waals surface area contributed by atoms with Crippen molar-refractivity contribution in [1.29, 1.82) is 0 Å². The molecule has 2 aliphatic rings. The van der Waals surface area contributed by atoms with Crippen molar-refractivity contribution in [2.75, 3.05) is 4.90 Å². The molecule has 0 saturated carbocycles. The van der Waals surface area contributed by atoms with Crippen molar-refractivity contribution < 1.29 is 0 Å². The summed E-state index contributed by atoms with van der Waals surface area (Å²) in [6.07, 6.45) is 0. The van der Waals surface area contributed by atoms with E-state index in [-0.39, 0.29) is 0 Å². The Balaban J connectivity index is 0.998. The summed E-state index contributed by atoms with van der Waals surface area (Å²) >= 11 is 1.88. The molecule has 2 heteroatoms. The van der Waals surface area contributed by atoms with Gasteiger partial charge in [-0.2, -0.15) is 0 Å². The SMILES string of the molecule is c1ccc(-c2ccc(N(c3ccc(-c4cccc5c4sc4ccccc45)cc3)c3ccccc3-c3ccccc3)c(-c3ccc4c(c3)-c3ccccc3C43c4ccccc4-c4ccccc43)c2)cc1. The third-order valence-corrected chi connectivity index (χ3v) is 15.9. The van der Waals surface area contributed by atoms with Gasteiger partial charge in [0.15, 0.2) is 0 Å². The van der Waals surface area contributed by atoms with Gasteiger partial charge in [0.05, 0.1) is 16.8 Å². The van der Waals surface area contributed by atoms with Crippen molar-refractivity contribution in [3.05, 3.63) is 283 Å². The third-order valence-electron chi connectivity index (χ3n) is 14.7. The third kappa shape index (κ3) is 6.02. The second kappa shape index (κ2) is 15.8. The van der Waals surface area contributed by atoms with Gasteiger partial charge in [-0.25, -0.2) is 0 Å². The maximum absolute atomic E-state index is 2.49. The van der Waals surface area contributed by atoms with Crippen LogP contribution in [-0.2, 0) is 5.41 Å². The zero-order chi connectivity index (χ0) is 45.5. The Kier molecular flexibility index (Phi) is 9.05. The minimum absolute atomic E-state index is 0.408. The van der Waals surface area contributed by atoms with Crippen LogP contribution >= 0.6 is 11.3 Å². The van der Waals surface area contributed by atoms with E-state index in [1.807, 2.05) is 11.3 Å². The van der Waals surface area contributed by atoms with Crippen molar-refractivity contribution >= 4 is 48.6 Å². The average Bonchev–Trinajstić information content (AvgIpc) is 4.06. The number of fused-ring (bicyclic) bond motifs is 13. The molecule has 1 spiro atoms. The van der Waals surface area contributed by atoms with Crippen LogP contribution in [0.15, 0.2) is 261 Å². The molecular weight excluding hydrogens is 851 g/mol. The van der Waals surface area contributed by atoms with Gasteiger partial charge in [-0.15, -0.1) is 11.3 Å². The zero-order valence-corrected chi connectivity index (χ0v) is 38.5. The summed E-state index contributed by atoms with van der Waals surface area (Å²) in [4.78, 5) is 2.49. The van der Waals surface area contributed by atoms with Gasteiger partial charge in [0.1, 0.15) is 0 Å². The number of benzene rings is 11. The number of anilines is 3. The summed E-state index contributed by atoms with van der Waals surface area (Å²) < 4.78 is 2.64. The van der Waals surface area contributed by atoms with Crippen LogP contribution in [-0.4, -0.2) is 0 Å².